The number of carbonyl (C=O) groups is 2. The van der Waals surface area contributed by atoms with Crippen LogP contribution < -0.4 is 15.8 Å². The summed E-state index contributed by atoms with van der Waals surface area (Å²) in [4.78, 5) is 30.5. The van der Waals surface area contributed by atoms with Gasteiger partial charge < -0.3 is 4.90 Å². The van der Waals surface area contributed by atoms with E-state index in [9.17, 15) is 9.59 Å². The number of benzene rings is 2. The molecule has 2 heterocycles. The third-order valence-corrected chi connectivity index (χ3v) is 4.67. The zero-order valence-electron chi connectivity index (χ0n) is 15.2. The molecule has 2 amide bonds. The van der Waals surface area contributed by atoms with Crippen molar-refractivity contribution in [3.63, 3.8) is 0 Å². The molecule has 0 saturated carbocycles. The van der Waals surface area contributed by atoms with Crippen molar-refractivity contribution in [3.8, 4) is 5.69 Å². The van der Waals surface area contributed by atoms with Gasteiger partial charge in [0.2, 0.25) is 0 Å². The third kappa shape index (κ3) is 3.85. The van der Waals surface area contributed by atoms with Crippen LogP contribution in [0.1, 0.15) is 22.3 Å². The van der Waals surface area contributed by atoms with Crippen molar-refractivity contribution < 1.29 is 9.59 Å². The average Bonchev–Trinajstić information content (AvgIpc) is 3.27. The minimum atomic E-state index is -0.377. The Bertz CT molecular complexity index is 969. The first-order valence-electron chi connectivity index (χ1n) is 9.08. The second-order valence-corrected chi connectivity index (χ2v) is 6.54. The van der Waals surface area contributed by atoms with Crippen LogP contribution in [0.5, 0.6) is 0 Å². The van der Waals surface area contributed by atoms with Crippen molar-refractivity contribution in [1.29, 1.82) is 0 Å². The van der Waals surface area contributed by atoms with Crippen molar-refractivity contribution in [3.05, 3.63) is 72.3 Å². The monoisotopic (exact) mass is 376 g/mol. The van der Waals surface area contributed by atoms with Gasteiger partial charge in [0.05, 0.1) is 12.2 Å². The number of hydrogen-bond donors (Lipinski definition) is 2. The molecule has 0 radical (unpaired) electrons. The number of rotatable bonds is 4. The maximum Gasteiger partial charge on any atom is 0.269 e. The highest BCUT2D eigenvalue weighted by Gasteiger charge is 2.19. The highest BCUT2D eigenvalue weighted by Crippen LogP contribution is 2.26. The molecule has 142 valence electrons. The van der Waals surface area contributed by atoms with Crippen LogP contribution >= 0.6 is 0 Å². The molecule has 4 rings (SSSR count). The summed E-state index contributed by atoms with van der Waals surface area (Å²) in [5.41, 5.74) is 8.52. The Morgan fingerprint density at radius 1 is 1.04 bits per heavy atom. The number of fused-ring (bicyclic) bond motifs is 1. The van der Waals surface area contributed by atoms with E-state index in [2.05, 4.69) is 27.0 Å². The Morgan fingerprint density at radius 3 is 2.64 bits per heavy atom. The van der Waals surface area contributed by atoms with Gasteiger partial charge in [-0.05, 0) is 48.7 Å². The number of aromatic nitrogens is 3. The van der Waals surface area contributed by atoms with Gasteiger partial charge in [-0.1, -0.05) is 18.2 Å². The van der Waals surface area contributed by atoms with Crippen LogP contribution in [0.4, 0.5) is 5.69 Å². The molecule has 1 aromatic heterocycles. The van der Waals surface area contributed by atoms with Gasteiger partial charge in [0, 0.05) is 17.8 Å². The van der Waals surface area contributed by atoms with E-state index in [1.165, 1.54) is 11.9 Å². The summed E-state index contributed by atoms with van der Waals surface area (Å²) in [7, 11) is 0. The van der Waals surface area contributed by atoms with E-state index in [-0.39, 0.29) is 18.4 Å². The molecule has 1 aliphatic rings. The predicted octanol–water partition coefficient (Wildman–Crippen LogP) is 1.48. The molecule has 0 bridgehead atoms. The van der Waals surface area contributed by atoms with E-state index in [1.807, 2.05) is 23.1 Å². The number of amides is 2. The van der Waals surface area contributed by atoms with E-state index in [0.717, 1.165) is 30.8 Å². The molecule has 8 heteroatoms. The van der Waals surface area contributed by atoms with E-state index < -0.39 is 0 Å². The molecule has 8 nitrogen and oxygen atoms in total. The van der Waals surface area contributed by atoms with E-state index in [0.29, 0.717) is 5.56 Å². The molecule has 0 saturated heterocycles. The van der Waals surface area contributed by atoms with Gasteiger partial charge in [-0.25, -0.2) is 9.67 Å². The molecule has 0 atom stereocenters. The Kier molecular flexibility index (Phi) is 5.01. The predicted molar refractivity (Wildman–Crippen MR) is 104 cm³/mol. The zero-order chi connectivity index (χ0) is 19.3. The van der Waals surface area contributed by atoms with Gasteiger partial charge >= 0.3 is 0 Å². The third-order valence-electron chi connectivity index (χ3n) is 4.67. The summed E-state index contributed by atoms with van der Waals surface area (Å²) in [5, 5.41) is 4.04. The van der Waals surface area contributed by atoms with Crippen molar-refractivity contribution >= 4 is 17.5 Å². The summed E-state index contributed by atoms with van der Waals surface area (Å²) in [6, 6.07) is 14.9. The number of para-hydroxylation sites is 1. The second-order valence-electron chi connectivity index (χ2n) is 6.54. The summed E-state index contributed by atoms with van der Waals surface area (Å²) >= 11 is 0. The summed E-state index contributed by atoms with van der Waals surface area (Å²) < 4.78 is 1.60. The second kappa shape index (κ2) is 7.91. The zero-order valence-corrected chi connectivity index (χ0v) is 15.2. The van der Waals surface area contributed by atoms with Crippen molar-refractivity contribution in [2.45, 2.75) is 12.8 Å². The summed E-state index contributed by atoms with van der Waals surface area (Å²) in [6.07, 6.45) is 5.05. The number of aryl methyl sites for hydroxylation is 1. The van der Waals surface area contributed by atoms with Crippen LogP contribution in [0.2, 0.25) is 0 Å². The number of hydrazine groups is 1. The van der Waals surface area contributed by atoms with Crippen LogP contribution in [-0.4, -0.2) is 39.7 Å². The maximum atomic E-state index is 12.3. The van der Waals surface area contributed by atoms with E-state index >= 15 is 0 Å². The molecule has 0 unspecified atom stereocenters. The van der Waals surface area contributed by atoms with Crippen LogP contribution in [-0.2, 0) is 11.2 Å². The van der Waals surface area contributed by atoms with Crippen molar-refractivity contribution in [2.24, 2.45) is 0 Å². The highest BCUT2D eigenvalue weighted by molar-refractivity contribution is 5.96. The number of anilines is 1. The van der Waals surface area contributed by atoms with Crippen LogP contribution in [0.15, 0.2) is 61.2 Å². The molecule has 3 aromatic rings. The minimum absolute atomic E-state index is 0.197. The molecule has 0 spiro atoms. The van der Waals surface area contributed by atoms with Crippen LogP contribution in [0.3, 0.4) is 0 Å². The summed E-state index contributed by atoms with van der Waals surface area (Å²) in [5.74, 6) is -0.637. The highest BCUT2D eigenvalue weighted by atomic mass is 16.2. The Balaban J connectivity index is 1.32. The van der Waals surface area contributed by atoms with Crippen LogP contribution in [0, 0.1) is 0 Å². The first-order valence-corrected chi connectivity index (χ1v) is 9.08. The SMILES string of the molecule is O=C(CN1CCCc2ccccc21)NNC(=O)c1ccc(-n2cncn2)cc1. The first kappa shape index (κ1) is 17.7. The van der Waals surface area contributed by atoms with Gasteiger partial charge in [-0.15, -0.1) is 0 Å². The fraction of sp³-hybridized carbons (Fsp3) is 0.200. The van der Waals surface area contributed by atoms with Gasteiger partial charge in [-0.3, -0.25) is 20.4 Å². The summed E-state index contributed by atoms with van der Waals surface area (Å²) in [6.45, 7) is 1.02. The molecule has 0 fully saturated rings. The molecule has 2 N–H and O–H groups in total. The molecule has 1 aliphatic heterocycles. The lowest BCUT2D eigenvalue weighted by Crippen LogP contribution is -2.47. The lowest BCUT2D eigenvalue weighted by Gasteiger charge is -2.30. The number of carbonyl (C=O) groups excluding carboxylic acids is 2. The fourth-order valence-electron chi connectivity index (χ4n) is 3.29. The van der Waals surface area contributed by atoms with Crippen LogP contribution in [0.25, 0.3) is 5.69 Å². The standard InChI is InChI=1S/C20H20N6O2/c27-19(12-25-11-3-5-15-4-1-2-6-18(15)25)23-24-20(28)16-7-9-17(10-8-16)26-14-21-13-22-26/h1-2,4,6-10,13-14H,3,5,11-12H2,(H,23,27)(H,24,28). The van der Waals surface area contributed by atoms with Gasteiger partial charge in [0.15, 0.2) is 0 Å². The molecule has 2 aromatic carbocycles. The van der Waals surface area contributed by atoms with Crippen molar-refractivity contribution in [1.82, 2.24) is 25.6 Å². The normalized spacial score (nSPS) is 12.9. The smallest absolute Gasteiger partial charge is 0.269 e. The Hall–Kier alpha value is -3.68. The molecular weight excluding hydrogens is 356 g/mol. The molecule has 0 aliphatic carbocycles. The Morgan fingerprint density at radius 2 is 1.86 bits per heavy atom. The Labute approximate surface area is 162 Å². The average molecular weight is 376 g/mol. The van der Waals surface area contributed by atoms with E-state index in [4.69, 9.17) is 0 Å². The molecular formula is C20H20N6O2. The minimum Gasteiger partial charge on any atom is -0.362 e. The van der Waals surface area contributed by atoms with Gasteiger partial charge in [-0.2, -0.15) is 5.10 Å². The number of nitrogens with zero attached hydrogens (tertiary/aromatic N) is 4. The van der Waals surface area contributed by atoms with E-state index in [1.54, 1.807) is 35.3 Å². The number of hydrogen-bond acceptors (Lipinski definition) is 5. The van der Waals surface area contributed by atoms with Gasteiger partial charge in [0.1, 0.15) is 12.7 Å². The first-order chi connectivity index (χ1) is 13.7. The largest absolute Gasteiger partial charge is 0.362 e. The molecule has 28 heavy (non-hydrogen) atoms. The maximum absolute atomic E-state index is 12.3. The lowest BCUT2D eigenvalue weighted by atomic mass is 10.0. The van der Waals surface area contributed by atoms with Crippen molar-refractivity contribution in [2.75, 3.05) is 18.0 Å². The topological polar surface area (TPSA) is 92.2 Å². The number of nitrogens with one attached hydrogen (secondary N) is 2. The lowest BCUT2D eigenvalue weighted by molar-refractivity contribution is -0.120. The quantitative estimate of drug-likeness (QED) is 0.673. The fourth-order valence-corrected chi connectivity index (χ4v) is 3.29. The van der Waals surface area contributed by atoms with Gasteiger partial charge in [0.25, 0.3) is 11.8 Å².